The largest absolute Gasteiger partial charge is 0.481 e. The van der Waals surface area contributed by atoms with E-state index in [0.717, 1.165) is 6.07 Å². The minimum Gasteiger partial charge on any atom is -0.481 e. The monoisotopic (exact) mass is 237 g/mol. The van der Waals surface area contributed by atoms with E-state index in [1.165, 1.54) is 23.1 Å². The van der Waals surface area contributed by atoms with E-state index in [1.807, 2.05) is 0 Å². The minimum absolute atomic E-state index is 0.199. The van der Waals surface area contributed by atoms with Crippen LogP contribution in [0.3, 0.4) is 0 Å². The summed E-state index contributed by atoms with van der Waals surface area (Å²) in [6.07, 6.45) is 0.455. The van der Waals surface area contributed by atoms with E-state index >= 15 is 0 Å². The van der Waals surface area contributed by atoms with Crippen molar-refractivity contribution in [1.29, 1.82) is 0 Å². The number of aliphatic carboxylic acids is 1. The quantitative estimate of drug-likeness (QED) is 0.845. The number of nitrogens with zero attached hydrogens (tertiary/aromatic N) is 1. The van der Waals surface area contributed by atoms with E-state index in [-0.39, 0.29) is 18.0 Å². The van der Waals surface area contributed by atoms with Crippen LogP contribution in [0.2, 0.25) is 0 Å². The first kappa shape index (κ1) is 11.6. The lowest BCUT2D eigenvalue weighted by atomic mass is 10.1. The SMILES string of the molecule is O=C(O)C1CCN(C(=O)c2cccc(F)c2)C1. The molecule has 0 saturated carbocycles. The Balaban J connectivity index is 2.09. The summed E-state index contributed by atoms with van der Waals surface area (Å²) in [6, 6.07) is 5.42. The smallest absolute Gasteiger partial charge is 0.308 e. The second-order valence-corrected chi connectivity index (χ2v) is 4.09. The van der Waals surface area contributed by atoms with Crippen molar-refractivity contribution < 1.29 is 19.1 Å². The van der Waals surface area contributed by atoms with Gasteiger partial charge in [0.05, 0.1) is 5.92 Å². The number of carbonyl (C=O) groups is 2. The third kappa shape index (κ3) is 2.43. The third-order valence-corrected chi connectivity index (χ3v) is 2.90. The van der Waals surface area contributed by atoms with Crippen LogP contribution in [0.1, 0.15) is 16.8 Å². The molecular weight excluding hydrogens is 225 g/mol. The summed E-state index contributed by atoms with van der Waals surface area (Å²) in [5.74, 6) is -2.18. The summed E-state index contributed by atoms with van der Waals surface area (Å²) in [6.45, 7) is 0.608. The zero-order valence-corrected chi connectivity index (χ0v) is 9.10. The molecule has 1 aromatic rings. The molecule has 0 aliphatic carbocycles. The Labute approximate surface area is 97.7 Å². The number of halogens is 1. The highest BCUT2D eigenvalue weighted by molar-refractivity contribution is 5.94. The van der Waals surface area contributed by atoms with Crippen LogP contribution in [-0.4, -0.2) is 35.0 Å². The van der Waals surface area contributed by atoms with Crippen LogP contribution in [0.5, 0.6) is 0 Å². The minimum atomic E-state index is -0.889. The van der Waals surface area contributed by atoms with Crippen molar-refractivity contribution >= 4 is 11.9 Å². The van der Waals surface area contributed by atoms with Gasteiger partial charge in [0.15, 0.2) is 0 Å². The van der Waals surface area contributed by atoms with Crippen LogP contribution in [0, 0.1) is 11.7 Å². The summed E-state index contributed by atoms with van der Waals surface area (Å²) in [4.78, 5) is 24.1. The highest BCUT2D eigenvalue weighted by atomic mass is 19.1. The van der Waals surface area contributed by atoms with Crippen LogP contribution in [-0.2, 0) is 4.79 Å². The second-order valence-electron chi connectivity index (χ2n) is 4.09. The molecule has 1 amide bonds. The van der Waals surface area contributed by atoms with Crippen LogP contribution in [0.15, 0.2) is 24.3 Å². The maximum atomic E-state index is 13.0. The van der Waals surface area contributed by atoms with Crippen molar-refractivity contribution in [1.82, 2.24) is 4.90 Å². The maximum Gasteiger partial charge on any atom is 0.308 e. The van der Waals surface area contributed by atoms with Gasteiger partial charge < -0.3 is 10.0 Å². The van der Waals surface area contributed by atoms with Gasteiger partial charge in [0, 0.05) is 18.7 Å². The Morgan fingerprint density at radius 1 is 1.41 bits per heavy atom. The zero-order chi connectivity index (χ0) is 12.4. The molecule has 90 valence electrons. The van der Waals surface area contributed by atoms with Crippen molar-refractivity contribution in [3.8, 4) is 0 Å². The Kier molecular flexibility index (Phi) is 3.08. The molecule has 0 bridgehead atoms. The average molecular weight is 237 g/mol. The molecule has 1 unspecified atom stereocenters. The van der Waals surface area contributed by atoms with Crippen LogP contribution in [0.4, 0.5) is 4.39 Å². The fourth-order valence-electron chi connectivity index (χ4n) is 1.95. The van der Waals surface area contributed by atoms with Gasteiger partial charge in [-0.25, -0.2) is 4.39 Å². The van der Waals surface area contributed by atoms with Gasteiger partial charge in [0.25, 0.3) is 5.91 Å². The van der Waals surface area contributed by atoms with Crippen LogP contribution >= 0.6 is 0 Å². The van der Waals surface area contributed by atoms with Crippen LogP contribution < -0.4 is 0 Å². The molecule has 4 nitrogen and oxygen atoms in total. The summed E-state index contributed by atoms with van der Waals surface area (Å²) >= 11 is 0. The first-order valence-electron chi connectivity index (χ1n) is 5.35. The van der Waals surface area contributed by atoms with Crippen molar-refractivity contribution in [2.75, 3.05) is 13.1 Å². The number of carboxylic acids is 1. The molecule has 1 atom stereocenters. The molecule has 2 rings (SSSR count). The molecule has 1 aliphatic rings. The third-order valence-electron chi connectivity index (χ3n) is 2.90. The Morgan fingerprint density at radius 2 is 2.18 bits per heavy atom. The fourth-order valence-corrected chi connectivity index (χ4v) is 1.95. The van der Waals surface area contributed by atoms with E-state index in [9.17, 15) is 14.0 Å². The van der Waals surface area contributed by atoms with E-state index in [2.05, 4.69) is 0 Å². The summed E-state index contributed by atoms with van der Waals surface area (Å²) < 4.78 is 13.0. The zero-order valence-electron chi connectivity index (χ0n) is 9.10. The Morgan fingerprint density at radius 3 is 2.76 bits per heavy atom. The molecule has 0 radical (unpaired) electrons. The molecule has 1 aromatic carbocycles. The lowest BCUT2D eigenvalue weighted by Crippen LogP contribution is -2.29. The predicted molar refractivity (Wildman–Crippen MR) is 58.0 cm³/mol. The van der Waals surface area contributed by atoms with E-state index in [4.69, 9.17) is 5.11 Å². The fraction of sp³-hybridized carbons (Fsp3) is 0.333. The highest BCUT2D eigenvalue weighted by Crippen LogP contribution is 2.19. The molecule has 1 N–H and O–H groups in total. The van der Waals surface area contributed by atoms with Gasteiger partial charge in [-0.1, -0.05) is 6.07 Å². The van der Waals surface area contributed by atoms with Gasteiger partial charge in [-0.2, -0.15) is 0 Å². The number of amides is 1. The van der Waals surface area contributed by atoms with Crippen molar-refractivity contribution in [2.45, 2.75) is 6.42 Å². The van der Waals surface area contributed by atoms with Gasteiger partial charge in [-0.3, -0.25) is 9.59 Å². The standard InChI is InChI=1S/C12H12FNO3/c13-10-3-1-2-8(6-10)11(15)14-5-4-9(7-14)12(16)17/h1-3,6,9H,4-5,7H2,(H,16,17). The predicted octanol–water partition coefficient (Wildman–Crippen LogP) is 1.37. The van der Waals surface area contributed by atoms with E-state index in [0.29, 0.717) is 13.0 Å². The number of hydrogen-bond donors (Lipinski definition) is 1. The summed E-state index contributed by atoms with van der Waals surface area (Å²) in [5.41, 5.74) is 0.260. The second kappa shape index (κ2) is 4.53. The molecule has 5 heteroatoms. The van der Waals surface area contributed by atoms with Gasteiger partial charge in [-0.15, -0.1) is 0 Å². The van der Waals surface area contributed by atoms with Gasteiger partial charge in [0.1, 0.15) is 5.82 Å². The number of carboxylic acid groups (broad SMARTS) is 1. The molecule has 1 heterocycles. The average Bonchev–Trinajstić information content (AvgIpc) is 2.77. The number of likely N-dealkylation sites (tertiary alicyclic amines) is 1. The molecule has 1 aliphatic heterocycles. The van der Waals surface area contributed by atoms with Gasteiger partial charge in [0.2, 0.25) is 0 Å². The normalized spacial score (nSPS) is 19.4. The molecule has 1 fully saturated rings. The Bertz CT molecular complexity index is 461. The lowest BCUT2D eigenvalue weighted by molar-refractivity contribution is -0.141. The van der Waals surface area contributed by atoms with Crippen molar-refractivity contribution in [3.05, 3.63) is 35.6 Å². The van der Waals surface area contributed by atoms with E-state index in [1.54, 1.807) is 0 Å². The maximum absolute atomic E-state index is 13.0. The Hall–Kier alpha value is -1.91. The van der Waals surface area contributed by atoms with Gasteiger partial charge in [-0.05, 0) is 24.6 Å². The number of rotatable bonds is 2. The summed E-state index contributed by atoms with van der Waals surface area (Å²) in [7, 11) is 0. The highest BCUT2D eigenvalue weighted by Gasteiger charge is 2.31. The van der Waals surface area contributed by atoms with E-state index < -0.39 is 17.7 Å². The topological polar surface area (TPSA) is 57.6 Å². The molecular formula is C12H12FNO3. The van der Waals surface area contributed by atoms with Gasteiger partial charge >= 0.3 is 5.97 Å². The summed E-state index contributed by atoms with van der Waals surface area (Å²) in [5, 5.41) is 8.83. The van der Waals surface area contributed by atoms with Crippen molar-refractivity contribution in [2.24, 2.45) is 5.92 Å². The van der Waals surface area contributed by atoms with Crippen LogP contribution in [0.25, 0.3) is 0 Å². The first-order valence-corrected chi connectivity index (χ1v) is 5.35. The number of hydrogen-bond acceptors (Lipinski definition) is 2. The lowest BCUT2D eigenvalue weighted by Gasteiger charge is -2.15. The molecule has 1 saturated heterocycles. The number of carbonyl (C=O) groups excluding carboxylic acids is 1. The molecule has 0 spiro atoms. The van der Waals surface area contributed by atoms with Crippen molar-refractivity contribution in [3.63, 3.8) is 0 Å². The molecule has 0 aromatic heterocycles. The molecule has 17 heavy (non-hydrogen) atoms. The first-order chi connectivity index (χ1) is 8.08. The number of benzene rings is 1.